The van der Waals surface area contributed by atoms with Crippen LogP contribution in [0.1, 0.15) is 44.6 Å². The number of benzene rings is 1. The van der Waals surface area contributed by atoms with Crippen molar-refractivity contribution in [2.75, 3.05) is 0 Å². The van der Waals surface area contributed by atoms with E-state index in [1.807, 2.05) is 37.3 Å². The third-order valence-corrected chi connectivity index (χ3v) is 4.10. The third-order valence-electron chi connectivity index (χ3n) is 4.10. The van der Waals surface area contributed by atoms with Gasteiger partial charge in [-0.3, -0.25) is 4.79 Å². The molecule has 1 amide bonds. The second-order valence-electron chi connectivity index (χ2n) is 5.85. The number of carbonyl (C=O) groups is 2. The van der Waals surface area contributed by atoms with Crippen molar-refractivity contribution in [3.8, 4) is 0 Å². The van der Waals surface area contributed by atoms with Gasteiger partial charge in [0.05, 0.1) is 0 Å². The maximum absolute atomic E-state index is 12.1. The predicted molar refractivity (Wildman–Crippen MR) is 76.4 cm³/mol. The summed E-state index contributed by atoms with van der Waals surface area (Å²) in [5, 5.41) is 12.0. The largest absolute Gasteiger partial charge is 0.480 e. The van der Waals surface area contributed by atoms with Crippen LogP contribution in [0.4, 0.5) is 0 Å². The summed E-state index contributed by atoms with van der Waals surface area (Å²) in [6.07, 6.45) is 2.05. The molecule has 1 fully saturated rings. The van der Waals surface area contributed by atoms with E-state index in [-0.39, 0.29) is 17.7 Å². The summed E-state index contributed by atoms with van der Waals surface area (Å²) in [6, 6.07) is 9.78. The van der Waals surface area contributed by atoms with Crippen LogP contribution in [-0.4, -0.2) is 22.5 Å². The zero-order chi connectivity index (χ0) is 14.8. The van der Waals surface area contributed by atoms with E-state index in [4.69, 9.17) is 0 Å². The van der Waals surface area contributed by atoms with Crippen molar-refractivity contribution in [3.05, 3.63) is 35.9 Å². The number of rotatable bonds is 6. The third kappa shape index (κ3) is 3.18. The van der Waals surface area contributed by atoms with Crippen LogP contribution in [0.25, 0.3) is 0 Å². The molecule has 1 aromatic carbocycles. The second kappa shape index (κ2) is 5.65. The number of hydrogen-bond acceptors (Lipinski definition) is 2. The van der Waals surface area contributed by atoms with Crippen LogP contribution >= 0.6 is 0 Å². The van der Waals surface area contributed by atoms with Crippen molar-refractivity contribution in [1.29, 1.82) is 0 Å². The minimum Gasteiger partial charge on any atom is -0.480 e. The van der Waals surface area contributed by atoms with Crippen molar-refractivity contribution in [2.45, 2.75) is 44.6 Å². The number of carboxylic acid groups (broad SMARTS) is 1. The highest BCUT2D eigenvalue weighted by Crippen LogP contribution is 2.39. The van der Waals surface area contributed by atoms with Gasteiger partial charge in [-0.2, -0.15) is 0 Å². The number of carboxylic acids is 1. The van der Waals surface area contributed by atoms with E-state index in [1.54, 1.807) is 6.92 Å². The van der Waals surface area contributed by atoms with Crippen molar-refractivity contribution >= 4 is 11.9 Å². The number of aliphatic carboxylic acids is 1. The quantitative estimate of drug-likeness (QED) is 0.838. The molecule has 0 saturated heterocycles. The van der Waals surface area contributed by atoms with Crippen molar-refractivity contribution in [1.82, 2.24) is 5.32 Å². The molecule has 1 saturated carbocycles. The first-order chi connectivity index (χ1) is 9.43. The van der Waals surface area contributed by atoms with Gasteiger partial charge in [-0.1, -0.05) is 37.3 Å². The van der Waals surface area contributed by atoms with Crippen LogP contribution in [0, 0.1) is 5.92 Å². The van der Waals surface area contributed by atoms with Gasteiger partial charge in [0.15, 0.2) is 0 Å². The van der Waals surface area contributed by atoms with Crippen LogP contribution < -0.4 is 5.32 Å². The lowest BCUT2D eigenvalue weighted by Gasteiger charge is -2.26. The topological polar surface area (TPSA) is 66.4 Å². The maximum Gasteiger partial charge on any atom is 0.329 e. The first-order valence-electron chi connectivity index (χ1n) is 7.03. The van der Waals surface area contributed by atoms with Gasteiger partial charge in [-0.25, -0.2) is 4.79 Å². The molecule has 1 aliphatic rings. The standard InChI is InChI=1S/C16H21NO3/c1-11(12-6-4-3-5-7-12)10-14(18)17-16(2,15(19)20)13-8-9-13/h3-7,11,13H,8-10H2,1-2H3,(H,17,18)(H,19,20)/t11-,16-/m1/s1. The molecule has 0 heterocycles. The molecule has 0 unspecified atom stereocenters. The highest BCUT2D eigenvalue weighted by Gasteiger charge is 2.48. The molecule has 20 heavy (non-hydrogen) atoms. The Morgan fingerprint density at radius 3 is 2.45 bits per heavy atom. The molecule has 4 nitrogen and oxygen atoms in total. The van der Waals surface area contributed by atoms with E-state index in [0.717, 1.165) is 18.4 Å². The fourth-order valence-corrected chi connectivity index (χ4v) is 2.51. The fourth-order valence-electron chi connectivity index (χ4n) is 2.51. The monoisotopic (exact) mass is 275 g/mol. The fraction of sp³-hybridized carbons (Fsp3) is 0.500. The SMILES string of the molecule is C[C@H](CC(=O)N[C@@](C)(C(=O)O)C1CC1)c1ccccc1. The number of nitrogens with one attached hydrogen (secondary N) is 1. The lowest BCUT2D eigenvalue weighted by Crippen LogP contribution is -2.54. The molecule has 0 radical (unpaired) electrons. The first-order valence-corrected chi connectivity index (χ1v) is 7.03. The Balaban J connectivity index is 1.97. The molecule has 0 spiro atoms. The van der Waals surface area contributed by atoms with Crippen LogP contribution in [-0.2, 0) is 9.59 Å². The van der Waals surface area contributed by atoms with Gasteiger partial charge in [-0.05, 0) is 37.2 Å². The molecule has 1 aliphatic carbocycles. The molecule has 0 bridgehead atoms. The van der Waals surface area contributed by atoms with Crippen molar-refractivity contribution in [3.63, 3.8) is 0 Å². The van der Waals surface area contributed by atoms with Crippen LogP contribution in [0.3, 0.4) is 0 Å². The average molecular weight is 275 g/mol. The van der Waals surface area contributed by atoms with E-state index >= 15 is 0 Å². The van der Waals surface area contributed by atoms with Gasteiger partial charge in [0.1, 0.15) is 5.54 Å². The van der Waals surface area contributed by atoms with Gasteiger partial charge >= 0.3 is 5.97 Å². The summed E-state index contributed by atoms with van der Waals surface area (Å²) in [5.74, 6) is -0.997. The lowest BCUT2D eigenvalue weighted by molar-refractivity contribution is -0.148. The Morgan fingerprint density at radius 1 is 1.35 bits per heavy atom. The van der Waals surface area contributed by atoms with Crippen LogP contribution in [0.2, 0.25) is 0 Å². The smallest absolute Gasteiger partial charge is 0.329 e. The molecular weight excluding hydrogens is 254 g/mol. The summed E-state index contributed by atoms with van der Waals surface area (Å²) in [4.78, 5) is 23.5. The Bertz CT molecular complexity index is 496. The first kappa shape index (κ1) is 14.6. The van der Waals surface area contributed by atoms with Crippen molar-refractivity contribution in [2.24, 2.45) is 5.92 Å². The molecule has 2 atom stereocenters. The second-order valence-corrected chi connectivity index (χ2v) is 5.85. The van der Waals surface area contributed by atoms with E-state index in [2.05, 4.69) is 5.32 Å². The zero-order valence-electron chi connectivity index (χ0n) is 11.9. The molecule has 4 heteroatoms. The summed E-state index contributed by atoms with van der Waals surface area (Å²) >= 11 is 0. The Kier molecular flexibility index (Phi) is 4.12. The van der Waals surface area contributed by atoms with Crippen molar-refractivity contribution < 1.29 is 14.7 Å². The van der Waals surface area contributed by atoms with E-state index < -0.39 is 11.5 Å². The van der Waals surface area contributed by atoms with E-state index in [0.29, 0.717) is 6.42 Å². The molecule has 1 aromatic rings. The maximum atomic E-state index is 12.1. The van der Waals surface area contributed by atoms with Gasteiger partial charge in [-0.15, -0.1) is 0 Å². The minimum atomic E-state index is -1.12. The molecule has 0 aromatic heterocycles. The van der Waals surface area contributed by atoms with E-state index in [9.17, 15) is 14.7 Å². The summed E-state index contributed by atoms with van der Waals surface area (Å²) < 4.78 is 0. The minimum absolute atomic E-state index is 0.0657. The summed E-state index contributed by atoms with van der Waals surface area (Å²) in [5.41, 5.74) is -0.0286. The highest BCUT2D eigenvalue weighted by atomic mass is 16.4. The Labute approximate surface area is 119 Å². The van der Waals surface area contributed by atoms with E-state index in [1.165, 1.54) is 0 Å². The van der Waals surface area contributed by atoms with Gasteiger partial charge < -0.3 is 10.4 Å². The average Bonchev–Trinajstić information content (AvgIpc) is 3.23. The normalized spacial score (nSPS) is 18.9. The molecule has 108 valence electrons. The number of amides is 1. The summed E-state index contributed by atoms with van der Waals surface area (Å²) in [6.45, 7) is 3.59. The number of hydrogen-bond donors (Lipinski definition) is 2. The Hall–Kier alpha value is -1.84. The molecular formula is C16H21NO3. The predicted octanol–water partition coefficient (Wildman–Crippen LogP) is 2.55. The summed E-state index contributed by atoms with van der Waals surface area (Å²) in [7, 11) is 0. The zero-order valence-corrected chi connectivity index (χ0v) is 11.9. The van der Waals surface area contributed by atoms with Gasteiger partial charge in [0.2, 0.25) is 5.91 Å². The lowest BCUT2D eigenvalue weighted by atomic mass is 9.93. The van der Waals surface area contributed by atoms with Gasteiger partial charge in [0.25, 0.3) is 0 Å². The van der Waals surface area contributed by atoms with Gasteiger partial charge in [0, 0.05) is 6.42 Å². The van der Waals surface area contributed by atoms with Crippen LogP contribution in [0.15, 0.2) is 30.3 Å². The molecule has 2 rings (SSSR count). The number of carbonyl (C=O) groups excluding carboxylic acids is 1. The highest BCUT2D eigenvalue weighted by molar-refractivity contribution is 5.87. The Morgan fingerprint density at radius 2 is 1.95 bits per heavy atom. The van der Waals surface area contributed by atoms with Crippen LogP contribution in [0.5, 0.6) is 0 Å². The molecule has 2 N–H and O–H groups in total. The molecule has 0 aliphatic heterocycles.